The van der Waals surface area contributed by atoms with Crippen LogP contribution in [0.25, 0.3) is 44.6 Å². The minimum atomic E-state index is -0.733. The molecule has 8 rings (SSSR count). The first-order valence-corrected chi connectivity index (χ1v) is 14.9. The molecule has 7 aromatic rings. The summed E-state index contributed by atoms with van der Waals surface area (Å²) in [5.41, 5.74) is 6.50. The van der Waals surface area contributed by atoms with Crippen LogP contribution in [0.5, 0.6) is 11.5 Å². The fourth-order valence-corrected chi connectivity index (χ4v) is 6.97. The Hall–Kier alpha value is -5.36. The van der Waals surface area contributed by atoms with Crippen molar-refractivity contribution in [3.05, 3.63) is 132 Å². The summed E-state index contributed by atoms with van der Waals surface area (Å²) in [6, 6.07) is 36.2. The number of nitrogens with zero attached hydrogens (tertiary/aromatic N) is 4. The third kappa shape index (κ3) is 3.48. The van der Waals surface area contributed by atoms with Gasteiger partial charge in [-0.25, -0.2) is 9.97 Å². The number of phenols is 2. The average Bonchev–Trinajstić information content (AvgIpc) is 3.62. The molecule has 8 bridgehead atoms. The van der Waals surface area contributed by atoms with Crippen LogP contribution in [0, 0.1) is 0 Å². The number of hydrogen-bond acceptors (Lipinski definition) is 4. The fraction of sp³-hybridized carbons (Fsp3) is 0.158. The summed E-state index contributed by atoms with van der Waals surface area (Å²) in [6.07, 6.45) is 0. The van der Waals surface area contributed by atoms with Gasteiger partial charge >= 0.3 is 0 Å². The Morgan fingerprint density at radius 1 is 0.477 bits per heavy atom. The molecule has 6 heteroatoms. The Kier molecular flexibility index (Phi) is 5.42. The van der Waals surface area contributed by atoms with Crippen molar-refractivity contribution in [2.24, 2.45) is 0 Å². The molecule has 0 saturated heterocycles. The zero-order chi connectivity index (χ0) is 30.4. The predicted molar refractivity (Wildman–Crippen MR) is 175 cm³/mol. The normalized spacial score (nSPS) is 14.9. The lowest BCUT2D eigenvalue weighted by atomic mass is 9.79. The molecule has 0 saturated carbocycles. The maximum atomic E-state index is 11.9. The molecule has 0 amide bonds. The third-order valence-corrected chi connectivity index (χ3v) is 9.31. The van der Waals surface area contributed by atoms with E-state index in [2.05, 4.69) is 73.2 Å². The minimum Gasteiger partial charge on any atom is -0.507 e. The van der Waals surface area contributed by atoms with E-state index in [1.165, 1.54) is 0 Å². The van der Waals surface area contributed by atoms with E-state index in [0.29, 0.717) is 11.1 Å². The van der Waals surface area contributed by atoms with Crippen LogP contribution in [0.2, 0.25) is 0 Å². The van der Waals surface area contributed by atoms with Crippen LogP contribution in [0.1, 0.15) is 50.5 Å². The van der Waals surface area contributed by atoms with Crippen LogP contribution in [0.4, 0.5) is 0 Å². The first-order chi connectivity index (χ1) is 21.2. The van der Waals surface area contributed by atoms with Crippen molar-refractivity contribution >= 4 is 22.1 Å². The lowest BCUT2D eigenvalue weighted by Gasteiger charge is -2.29. The van der Waals surface area contributed by atoms with Crippen molar-refractivity contribution in [2.45, 2.75) is 38.5 Å². The zero-order valence-electron chi connectivity index (χ0n) is 25.1. The van der Waals surface area contributed by atoms with Gasteiger partial charge in [0.2, 0.25) is 0 Å². The molecule has 0 radical (unpaired) electrons. The predicted octanol–water partition coefficient (Wildman–Crippen LogP) is 8.41. The molecule has 3 heterocycles. The van der Waals surface area contributed by atoms with E-state index in [0.717, 1.165) is 56.2 Å². The summed E-state index contributed by atoms with van der Waals surface area (Å²) in [7, 11) is 0. The minimum absolute atomic E-state index is 0.127. The average molecular weight is 577 g/mol. The molecule has 0 atom stereocenters. The van der Waals surface area contributed by atoms with Crippen LogP contribution in [0.3, 0.4) is 0 Å². The third-order valence-electron chi connectivity index (χ3n) is 9.31. The van der Waals surface area contributed by atoms with E-state index >= 15 is 0 Å². The molecular formula is C38H32N4O2. The van der Waals surface area contributed by atoms with Crippen molar-refractivity contribution in [3.8, 4) is 34.0 Å². The SMILES string of the molecule is CC1(C)c2cccc(c2O)-c2cccc(c2O)C(C)(C)c2nc3c4nc1n(-c1ccccc1)c4ccc3n2-c1ccccc1. The van der Waals surface area contributed by atoms with Crippen LogP contribution < -0.4 is 0 Å². The van der Waals surface area contributed by atoms with Crippen LogP contribution >= 0.6 is 0 Å². The maximum absolute atomic E-state index is 11.9. The van der Waals surface area contributed by atoms with Gasteiger partial charge in [0, 0.05) is 33.6 Å². The Morgan fingerprint density at radius 2 is 0.864 bits per heavy atom. The van der Waals surface area contributed by atoms with Gasteiger partial charge in [0.15, 0.2) is 0 Å². The highest BCUT2D eigenvalue weighted by molar-refractivity contribution is 6.02. The quantitative estimate of drug-likeness (QED) is 0.217. The van der Waals surface area contributed by atoms with Gasteiger partial charge in [0.1, 0.15) is 34.2 Å². The van der Waals surface area contributed by atoms with Crippen molar-refractivity contribution in [3.63, 3.8) is 0 Å². The van der Waals surface area contributed by atoms with Gasteiger partial charge in [-0.15, -0.1) is 0 Å². The highest BCUT2D eigenvalue weighted by atomic mass is 16.3. The summed E-state index contributed by atoms with van der Waals surface area (Å²) in [5.74, 6) is 1.82. The van der Waals surface area contributed by atoms with Crippen LogP contribution in [-0.2, 0) is 10.8 Å². The maximum Gasteiger partial charge on any atom is 0.127 e. The molecular weight excluding hydrogens is 544 g/mol. The lowest BCUT2D eigenvalue weighted by Crippen LogP contribution is -2.25. The summed E-state index contributed by atoms with van der Waals surface area (Å²) >= 11 is 0. The summed E-state index contributed by atoms with van der Waals surface area (Å²) in [4.78, 5) is 10.8. The summed E-state index contributed by atoms with van der Waals surface area (Å²) in [5, 5.41) is 23.9. The molecule has 1 aliphatic heterocycles. The number of hydrogen-bond donors (Lipinski definition) is 2. The van der Waals surface area contributed by atoms with Gasteiger partial charge in [0.25, 0.3) is 0 Å². The Morgan fingerprint density at radius 3 is 1.25 bits per heavy atom. The number of benzene rings is 5. The van der Waals surface area contributed by atoms with E-state index in [1.807, 2.05) is 72.8 Å². The van der Waals surface area contributed by atoms with Crippen molar-refractivity contribution in [2.75, 3.05) is 0 Å². The number of imidazole rings is 2. The second-order valence-electron chi connectivity index (χ2n) is 12.7. The van der Waals surface area contributed by atoms with Gasteiger partial charge < -0.3 is 10.2 Å². The monoisotopic (exact) mass is 576 g/mol. The molecule has 0 unspecified atom stereocenters. The Bertz CT molecular complexity index is 2080. The topological polar surface area (TPSA) is 76.1 Å². The van der Waals surface area contributed by atoms with Gasteiger partial charge in [0.05, 0.1) is 21.9 Å². The second-order valence-corrected chi connectivity index (χ2v) is 12.7. The Balaban J connectivity index is 1.61. The molecule has 5 aromatic carbocycles. The summed E-state index contributed by atoms with van der Waals surface area (Å²) in [6.45, 7) is 8.34. The van der Waals surface area contributed by atoms with E-state index in [9.17, 15) is 10.2 Å². The van der Waals surface area contributed by atoms with Crippen molar-refractivity contribution in [1.29, 1.82) is 0 Å². The van der Waals surface area contributed by atoms with E-state index < -0.39 is 10.8 Å². The summed E-state index contributed by atoms with van der Waals surface area (Å²) < 4.78 is 4.37. The van der Waals surface area contributed by atoms with Gasteiger partial charge in [-0.3, -0.25) is 9.13 Å². The number of fused-ring (bicyclic) bond motifs is 7. The second kappa shape index (κ2) is 9.07. The highest BCUT2D eigenvalue weighted by Gasteiger charge is 2.38. The standard InChI is InChI=1S/C38H32N4O2/c1-37(2)27-19-11-17-25(33(27)43)26-18-12-20-28(34(26)44)38(3,4)36-40-32-30(42(36)24-15-9-6-10-16-24)22-21-29-31(32)39-35(37)41(29)23-13-7-5-8-14-23/h5-22,43-44H,1-4H3. The van der Waals surface area contributed by atoms with E-state index in [-0.39, 0.29) is 11.5 Å². The number of phenolic OH excluding ortho intramolecular Hbond substituents is 2. The number of aromatic hydroxyl groups is 2. The first kappa shape index (κ1) is 26.3. The van der Waals surface area contributed by atoms with Crippen LogP contribution in [-0.4, -0.2) is 29.3 Å². The number of aromatic nitrogens is 4. The van der Waals surface area contributed by atoms with Gasteiger partial charge in [-0.2, -0.15) is 0 Å². The first-order valence-electron chi connectivity index (χ1n) is 14.9. The molecule has 44 heavy (non-hydrogen) atoms. The largest absolute Gasteiger partial charge is 0.507 e. The van der Waals surface area contributed by atoms with E-state index in [4.69, 9.17) is 9.97 Å². The fourth-order valence-electron chi connectivity index (χ4n) is 6.97. The smallest absolute Gasteiger partial charge is 0.127 e. The van der Waals surface area contributed by atoms with Crippen LogP contribution in [0.15, 0.2) is 109 Å². The molecule has 216 valence electrons. The van der Waals surface area contributed by atoms with Gasteiger partial charge in [-0.1, -0.05) is 72.8 Å². The molecule has 1 aliphatic rings. The number of rotatable bonds is 2. The van der Waals surface area contributed by atoms with Gasteiger partial charge in [-0.05, 0) is 64.1 Å². The Labute approximate surface area is 255 Å². The molecule has 2 N–H and O–H groups in total. The van der Waals surface area contributed by atoms with E-state index in [1.54, 1.807) is 0 Å². The molecule has 0 spiro atoms. The zero-order valence-corrected chi connectivity index (χ0v) is 25.1. The molecule has 6 nitrogen and oxygen atoms in total. The molecule has 0 aliphatic carbocycles. The molecule has 0 fully saturated rings. The highest BCUT2D eigenvalue weighted by Crippen LogP contribution is 2.49. The lowest BCUT2D eigenvalue weighted by molar-refractivity contribution is 0.442. The van der Waals surface area contributed by atoms with Crippen molar-refractivity contribution in [1.82, 2.24) is 19.1 Å². The molecule has 2 aromatic heterocycles. The van der Waals surface area contributed by atoms with Crippen molar-refractivity contribution < 1.29 is 10.2 Å². The number of para-hydroxylation sites is 4.